The Balaban J connectivity index is 1.67. The number of hydrogen-bond acceptors (Lipinski definition) is 2. The molecule has 0 aromatic rings. The summed E-state index contributed by atoms with van der Waals surface area (Å²) in [5.74, 6) is 5.73. The van der Waals surface area contributed by atoms with E-state index in [9.17, 15) is 9.90 Å². The van der Waals surface area contributed by atoms with Gasteiger partial charge in [-0.15, -0.1) is 6.42 Å². The van der Waals surface area contributed by atoms with Gasteiger partial charge in [0.2, 0.25) is 0 Å². The highest BCUT2D eigenvalue weighted by atomic mass is 16.3. The Labute approximate surface area is 139 Å². The average molecular weight is 312 g/mol. The molecule has 124 valence electrons. The van der Waals surface area contributed by atoms with Crippen molar-refractivity contribution >= 4 is 5.78 Å². The predicted octanol–water partition coefficient (Wildman–Crippen LogP) is 3.88. The molecule has 2 heteroatoms. The molecule has 0 spiro atoms. The number of hydrogen-bond donors (Lipinski definition) is 1. The first-order chi connectivity index (χ1) is 11.0. The van der Waals surface area contributed by atoms with Gasteiger partial charge in [0.05, 0.1) is 0 Å². The van der Waals surface area contributed by atoms with E-state index < -0.39 is 5.60 Å². The SMILES string of the molecule is C#C[C@]1(O)CC[C@@H]2[C@@H]3CCC4=CC(=O)CC[C@@H]4[C@H]3CC[C@@]21CC. The number of allylic oxidation sites excluding steroid dienone is 1. The standard InChI is InChI=1S/C21H28O2/c1-3-20-11-9-17-16-8-6-15(22)13-14(16)5-7-18(17)19(20)10-12-21(20,23)4-2/h2,13,16-19,23H,3,5-12H2,1H3/t16-,17+,18+,19+,20-,21-/m0/s1. The molecule has 4 rings (SSSR count). The highest BCUT2D eigenvalue weighted by molar-refractivity contribution is 5.91. The molecular weight excluding hydrogens is 284 g/mol. The van der Waals surface area contributed by atoms with Crippen LogP contribution in [0.1, 0.15) is 64.7 Å². The Morgan fingerprint density at radius 3 is 2.78 bits per heavy atom. The van der Waals surface area contributed by atoms with E-state index in [1.54, 1.807) is 0 Å². The van der Waals surface area contributed by atoms with Crippen molar-refractivity contribution < 1.29 is 9.90 Å². The summed E-state index contributed by atoms with van der Waals surface area (Å²) in [5.41, 5.74) is 0.474. The van der Waals surface area contributed by atoms with E-state index in [0.29, 0.717) is 29.5 Å². The van der Waals surface area contributed by atoms with Gasteiger partial charge in [-0.2, -0.15) is 0 Å². The molecule has 4 aliphatic carbocycles. The normalized spacial score (nSPS) is 48.7. The minimum Gasteiger partial charge on any atom is -0.377 e. The topological polar surface area (TPSA) is 37.3 Å². The fourth-order valence-corrected chi connectivity index (χ4v) is 6.96. The molecule has 0 aromatic carbocycles. The second-order valence-electron chi connectivity index (χ2n) is 8.40. The van der Waals surface area contributed by atoms with E-state index in [4.69, 9.17) is 6.42 Å². The van der Waals surface area contributed by atoms with E-state index in [1.165, 1.54) is 18.4 Å². The van der Waals surface area contributed by atoms with Crippen LogP contribution in [0, 0.1) is 41.4 Å². The zero-order valence-electron chi connectivity index (χ0n) is 14.2. The largest absolute Gasteiger partial charge is 0.377 e. The van der Waals surface area contributed by atoms with Crippen LogP contribution in [0.15, 0.2) is 11.6 Å². The first-order valence-corrected chi connectivity index (χ1v) is 9.48. The van der Waals surface area contributed by atoms with Crippen LogP contribution in [0.2, 0.25) is 0 Å². The number of carbonyl (C=O) groups is 1. The van der Waals surface area contributed by atoms with E-state index >= 15 is 0 Å². The second-order valence-corrected chi connectivity index (χ2v) is 8.40. The van der Waals surface area contributed by atoms with Gasteiger partial charge in [-0.1, -0.05) is 18.4 Å². The Kier molecular flexibility index (Phi) is 3.50. The molecule has 6 atom stereocenters. The summed E-state index contributed by atoms with van der Waals surface area (Å²) in [6.45, 7) is 2.22. The van der Waals surface area contributed by atoms with Gasteiger partial charge in [0.1, 0.15) is 5.60 Å². The molecule has 0 saturated heterocycles. The third-order valence-electron chi connectivity index (χ3n) is 8.02. The molecule has 3 fully saturated rings. The van der Waals surface area contributed by atoms with Gasteiger partial charge < -0.3 is 5.11 Å². The van der Waals surface area contributed by atoms with Gasteiger partial charge in [-0.25, -0.2) is 0 Å². The third kappa shape index (κ3) is 1.96. The Morgan fingerprint density at radius 2 is 2.04 bits per heavy atom. The molecule has 4 aliphatic rings. The van der Waals surface area contributed by atoms with Crippen LogP contribution in [0.5, 0.6) is 0 Å². The lowest BCUT2D eigenvalue weighted by Gasteiger charge is -2.55. The number of rotatable bonds is 1. The summed E-state index contributed by atoms with van der Waals surface area (Å²) in [6, 6.07) is 0. The number of ketones is 1. The van der Waals surface area contributed by atoms with Gasteiger partial charge in [-0.05, 0) is 81.1 Å². The zero-order valence-corrected chi connectivity index (χ0v) is 14.2. The fraction of sp³-hybridized carbons (Fsp3) is 0.762. The van der Waals surface area contributed by atoms with Crippen molar-refractivity contribution in [2.45, 2.75) is 70.3 Å². The Bertz CT molecular complexity index is 597. The molecule has 0 aliphatic heterocycles. The summed E-state index contributed by atoms with van der Waals surface area (Å²) in [4.78, 5) is 11.8. The summed E-state index contributed by atoms with van der Waals surface area (Å²) < 4.78 is 0. The van der Waals surface area contributed by atoms with Crippen LogP contribution < -0.4 is 0 Å². The Hall–Kier alpha value is -1.07. The first kappa shape index (κ1) is 15.5. The lowest BCUT2D eigenvalue weighted by molar-refractivity contribution is -0.117. The van der Waals surface area contributed by atoms with E-state index in [0.717, 1.165) is 44.9 Å². The molecule has 0 amide bonds. The zero-order chi connectivity index (χ0) is 16.2. The summed E-state index contributed by atoms with van der Waals surface area (Å²) >= 11 is 0. The monoisotopic (exact) mass is 312 g/mol. The minimum atomic E-state index is -0.893. The maximum absolute atomic E-state index is 11.8. The van der Waals surface area contributed by atoms with Gasteiger partial charge in [0.15, 0.2) is 5.78 Å². The molecule has 1 N–H and O–H groups in total. The van der Waals surface area contributed by atoms with Crippen LogP contribution >= 0.6 is 0 Å². The number of fused-ring (bicyclic) bond motifs is 5. The Morgan fingerprint density at radius 1 is 1.22 bits per heavy atom. The van der Waals surface area contributed by atoms with Crippen LogP contribution in [-0.4, -0.2) is 16.5 Å². The van der Waals surface area contributed by atoms with Gasteiger partial charge in [0.25, 0.3) is 0 Å². The van der Waals surface area contributed by atoms with E-state index in [-0.39, 0.29) is 5.41 Å². The van der Waals surface area contributed by atoms with Gasteiger partial charge >= 0.3 is 0 Å². The van der Waals surface area contributed by atoms with E-state index in [1.807, 2.05) is 6.08 Å². The highest BCUT2D eigenvalue weighted by Crippen LogP contribution is 2.66. The van der Waals surface area contributed by atoms with E-state index in [2.05, 4.69) is 12.8 Å². The minimum absolute atomic E-state index is 0.0609. The summed E-state index contributed by atoms with van der Waals surface area (Å²) in [7, 11) is 0. The third-order valence-corrected chi connectivity index (χ3v) is 8.02. The van der Waals surface area contributed by atoms with Crippen LogP contribution in [0.3, 0.4) is 0 Å². The molecule has 2 nitrogen and oxygen atoms in total. The summed E-state index contributed by atoms with van der Waals surface area (Å²) in [6.07, 6.45) is 16.9. The summed E-state index contributed by atoms with van der Waals surface area (Å²) in [5, 5.41) is 11.1. The highest BCUT2D eigenvalue weighted by Gasteiger charge is 2.63. The smallest absolute Gasteiger partial charge is 0.155 e. The van der Waals surface area contributed by atoms with Crippen LogP contribution in [0.4, 0.5) is 0 Å². The second kappa shape index (κ2) is 5.21. The van der Waals surface area contributed by atoms with Crippen molar-refractivity contribution in [2.75, 3.05) is 0 Å². The average Bonchev–Trinajstić information content (AvgIpc) is 2.88. The molecule has 0 heterocycles. The van der Waals surface area contributed by atoms with Gasteiger partial charge in [0, 0.05) is 11.8 Å². The number of terminal acetylenes is 1. The lowest BCUT2D eigenvalue weighted by Crippen LogP contribution is -2.53. The van der Waals surface area contributed by atoms with Crippen molar-refractivity contribution in [2.24, 2.45) is 29.1 Å². The molecule has 0 radical (unpaired) electrons. The molecule has 3 saturated carbocycles. The van der Waals surface area contributed by atoms with Crippen molar-refractivity contribution in [3.63, 3.8) is 0 Å². The maximum Gasteiger partial charge on any atom is 0.155 e. The van der Waals surface area contributed by atoms with Crippen molar-refractivity contribution in [3.8, 4) is 12.3 Å². The number of carbonyl (C=O) groups excluding carboxylic acids is 1. The van der Waals surface area contributed by atoms with Crippen molar-refractivity contribution in [3.05, 3.63) is 11.6 Å². The molecule has 23 heavy (non-hydrogen) atoms. The molecular formula is C21H28O2. The molecule has 0 bridgehead atoms. The first-order valence-electron chi connectivity index (χ1n) is 9.48. The van der Waals surface area contributed by atoms with Crippen LogP contribution in [-0.2, 0) is 4.79 Å². The lowest BCUT2D eigenvalue weighted by atomic mass is 9.49. The molecule has 0 unspecified atom stereocenters. The van der Waals surface area contributed by atoms with Crippen molar-refractivity contribution in [1.29, 1.82) is 0 Å². The fourth-order valence-electron chi connectivity index (χ4n) is 6.96. The quantitative estimate of drug-likeness (QED) is 0.746. The number of aliphatic hydroxyl groups is 1. The molecule has 0 aromatic heterocycles. The van der Waals surface area contributed by atoms with Crippen LogP contribution in [0.25, 0.3) is 0 Å². The maximum atomic E-state index is 11.8. The van der Waals surface area contributed by atoms with Gasteiger partial charge in [-0.3, -0.25) is 4.79 Å². The van der Waals surface area contributed by atoms with Crippen molar-refractivity contribution in [1.82, 2.24) is 0 Å². The predicted molar refractivity (Wildman–Crippen MR) is 90.5 cm³/mol.